The summed E-state index contributed by atoms with van der Waals surface area (Å²) in [6, 6.07) is 12.9. The Morgan fingerprint density at radius 1 is 1.12 bits per heavy atom. The van der Waals surface area contributed by atoms with Crippen molar-refractivity contribution in [1.82, 2.24) is 20.0 Å². The predicted molar refractivity (Wildman–Crippen MR) is 99.3 cm³/mol. The van der Waals surface area contributed by atoms with Crippen molar-refractivity contribution in [3.05, 3.63) is 52.8 Å². The maximum atomic E-state index is 12.0. The zero-order chi connectivity index (χ0) is 18.1. The first-order valence-corrected chi connectivity index (χ1v) is 8.76. The fourth-order valence-corrected chi connectivity index (χ4v) is 2.56. The van der Waals surface area contributed by atoms with E-state index in [4.69, 9.17) is 0 Å². The zero-order valence-electron chi connectivity index (χ0n) is 14.9. The molecule has 0 atom stereocenters. The maximum Gasteiger partial charge on any atom is 0.266 e. The summed E-state index contributed by atoms with van der Waals surface area (Å²) in [4.78, 5) is 26.2. The molecular formula is C19H26N4O2. The molecule has 0 radical (unpaired) electrons. The number of hydrogen-bond acceptors (Lipinski definition) is 4. The van der Waals surface area contributed by atoms with Crippen LogP contribution in [0.3, 0.4) is 0 Å². The second-order valence-electron chi connectivity index (χ2n) is 5.77. The number of amides is 1. The van der Waals surface area contributed by atoms with Crippen LogP contribution in [-0.2, 0) is 11.3 Å². The predicted octanol–water partition coefficient (Wildman–Crippen LogP) is 1.76. The Balaban J connectivity index is 1.90. The Kier molecular flexibility index (Phi) is 7.35. The molecule has 0 spiro atoms. The largest absolute Gasteiger partial charge is 0.355 e. The van der Waals surface area contributed by atoms with Crippen LogP contribution in [0.25, 0.3) is 11.3 Å². The topological polar surface area (TPSA) is 67.2 Å². The minimum Gasteiger partial charge on any atom is -0.355 e. The van der Waals surface area contributed by atoms with Crippen molar-refractivity contribution < 1.29 is 4.79 Å². The van der Waals surface area contributed by atoms with Gasteiger partial charge in [-0.15, -0.1) is 0 Å². The molecule has 0 aliphatic heterocycles. The molecule has 0 bridgehead atoms. The van der Waals surface area contributed by atoms with Gasteiger partial charge in [0, 0.05) is 31.1 Å². The summed E-state index contributed by atoms with van der Waals surface area (Å²) >= 11 is 0. The lowest BCUT2D eigenvalue weighted by atomic mass is 10.1. The average molecular weight is 342 g/mol. The number of nitrogens with zero attached hydrogens (tertiary/aromatic N) is 3. The number of likely N-dealkylation sites (N-methyl/N-ethyl adjacent to an activating group) is 1. The molecule has 134 valence electrons. The number of aromatic nitrogens is 2. The monoisotopic (exact) mass is 342 g/mol. The normalized spacial score (nSPS) is 10.8. The third kappa shape index (κ3) is 5.83. The highest BCUT2D eigenvalue weighted by molar-refractivity contribution is 5.75. The van der Waals surface area contributed by atoms with Crippen molar-refractivity contribution in [3.8, 4) is 11.3 Å². The van der Waals surface area contributed by atoms with Crippen LogP contribution in [0.2, 0.25) is 0 Å². The molecule has 0 saturated heterocycles. The summed E-state index contributed by atoms with van der Waals surface area (Å²) < 4.78 is 1.35. The molecule has 6 nitrogen and oxygen atoms in total. The molecule has 2 aromatic rings. The molecule has 1 aromatic carbocycles. The lowest BCUT2D eigenvalue weighted by Gasteiger charge is -2.17. The van der Waals surface area contributed by atoms with E-state index in [0.29, 0.717) is 6.54 Å². The Bertz CT molecular complexity index is 724. The Labute approximate surface area is 148 Å². The van der Waals surface area contributed by atoms with E-state index in [1.54, 1.807) is 6.07 Å². The van der Waals surface area contributed by atoms with Gasteiger partial charge in [-0.25, -0.2) is 4.68 Å². The lowest BCUT2D eigenvalue weighted by molar-refractivity contribution is -0.121. The fraction of sp³-hybridized carbons (Fsp3) is 0.421. The zero-order valence-corrected chi connectivity index (χ0v) is 14.9. The van der Waals surface area contributed by atoms with Gasteiger partial charge in [0.25, 0.3) is 5.56 Å². The van der Waals surface area contributed by atoms with Gasteiger partial charge in [-0.05, 0) is 19.2 Å². The van der Waals surface area contributed by atoms with Crippen molar-refractivity contribution in [3.63, 3.8) is 0 Å². The van der Waals surface area contributed by atoms with Gasteiger partial charge < -0.3 is 10.2 Å². The van der Waals surface area contributed by atoms with Gasteiger partial charge >= 0.3 is 0 Å². The van der Waals surface area contributed by atoms with Crippen LogP contribution in [0.1, 0.15) is 20.3 Å². The first-order chi connectivity index (χ1) is 12.1. The number of nitrogens with one attached hydrogen (secondary N) is 1. The van der Waals surface area contributed by atoms with Crippen LogP contribution in [-0.4, -0.2) is 46.8 Å². The van der Waals surface area contributed by atoms with Crippen LogP contribution in [0.4, 0.5) is 0 Å². The Hall–Kier alpha value is -2.47. The number of carbonyl (C=O) groups excluding carboxylic acids is 1. The second kappa shape index (κ2) is 9.74. The van der Waals surface area contributed by atoms with Gasteiger partial charge in [0.15, 0.2) is 0 Å². The molecule has 2 rings (SSSR count). The molecule has 0 unspecified atom stereocenters. The molecular weight excluding hydrogens is 316 g/mol. The molecule has 1 heterocycles. The van der Waals surface area contributed by atoms with Crippen LogP contribution in [0.15, 0.2) is 47.3 Å². The highest BCUT2D eigenvalue weighted by atomic mass is 16.2. The smallest absolute Gasteiger partial charge is 0.266 e. The lowest BCUT2D eigenvalue weighted by Crippen LogP contribution is -2.35. The number of carbonyl (C=O) groups is 1. The summed E-state index contributed by atoms with van der Waals surface area (Å²) in [5, 5.41) is 7.26. The first kappa shape index (κ1) is 18.9. The minimum atomic E-state index is -0.198. The first-order valence-electron chi connectivity index (χ1n) is 8.76. The van der Waals surface area contributed by atoms with Gasteiger partial charge in [0.05, 0.1) is 12.2 Å². The molecule has 0 aliphatic rings. The van der Waals surface area contributed by atoms with Crippen molar-refractivity contribution in [2.75, 3.05) is 26.2 Å². The highest BCUT2D eigenvalue weighted by Crippen LogP contribution is 2.13. The van der Waals surface area contributed by atoms with Crippen LogP contribution < -0.4 is 10.9 Å². The standard InChI is InChI=1S/C19H26N4O2/c1-3-22(4-2)15-13-20-18(24)12-14-23-19(25)11-10-17(21-23)16-8-6-5-7-9-16/h5-11H,3-4,12-15H2,1-2H3,(H,20,24). The summed E-state index contributed by atoms with van der Waals surface area (Å²) in [5.41, 5.74) is 1.47. The van der Waals surface area contributed by atoms with Crippen molar-refractivity contribution >= 4 is 5.91 Å². The molecule has 1 aromatic heterocycles. The molecule has 0 aliphatic carbocycles. The van der Waals surface area contributed by atoms with E-state index < -0.39 is 0 Å². The molecule has 1 amide bonds. The van der Waals surface area contributed by atoms with Gasteiger partial charge in [0.1, 0.15) is 0 Å². The number of benzene rings is 1. The molecule has 0 fully saturated rings. The van der Waals surface area contributed by atoms with Gasteiger partial charge in [-0.2, -0.15) is 5.10 Å². The molecule has 6 heteroatoms. The molecule has 1 N–H and O–H groups in total. The van der Waals surface area contributed by atoms with Crippen molar-refractivity contribution in [2.45, 2.75) is 26.8 Å². The summed E-state index contributed by atoms with van der Waals surface area (Å²) in [5.74, 6) is -0.0639. The Morgan fingerprint density at radius 3 is 2.52 bits per heavy atom. The average Bonchev–Trinajstić information content (AvgIpc) is 2.65. The van der Waals surface area contributed by atoms with Gasteiger partial charge in [-0.3, -0.25) is 9.59 Å². The summed E-state index contributed by atoms with van der Waals surface area (Å²) in [7, 11) is 0. The molecule has 25 heavy (non-hydrogen) atoms. The SMILES string of the molecule is CCN(CC)CCNC(=O)CCn1nc(-c2ccccc2)ccc1=O. The second-order valence-corrected chi connectivity index (χ2v) is 5.77. The van der Waals surface area contributed by atoms with E-state index in [9.17, 15) is 9.59 Å². The summed E-state index contributed by atoms with van der Waals surface area (Å²) in [6.07, 6.45) is 0.239. The van der Waals surface area contributed by atoms with Crippen LogP contribution in [0.5, 0.6) is 0 Å². The van der Waals surface area contributed by atoms with Crippen molar-refractivity contribution in [1.29, 1.82) is 0 Å². The van der Waals surface area contributed by atoms with E-state index >= 15 is 0 Å². The number of rotatable bonds is 9. The Morgan fingerprint density at radius 2 is 1.84 bits per heavy atom. The fourth-order valence-electron chi connectivity index (χ4n) is 2.56. The van der Waals surface area contributed by atoms with Crippen molar-refractivity contribution in [2.24, 2.45) is 0 Å². The van der Waals surface area contributed by atoms with Crippen LogP contribution in [0, 0.1) is 0 Å². The quantitative estimate of drug-likeness (QED) is 0.754. The third-order valence-corrected chi connectivity index (χ3v) is 4.13. The van der Waals surface area contributed by atoms with Crippen LogP contribution >= 0.6 is 0 Å². The van der Waals surface area contributed by atoms with E-state index in [-0.39, 0.29) is 24.4 Å². The van der Waals surface area contributed by atoms with Gasteiger partial charge in [0.2, 0.25) is 5.91 Å². The minimum absolute atomic E-state index is 0.0639. The molecule has 0 saturated carbocycles. The van der Waals surface area contributed by atoms with Gasteiger partial charge in [-0.1, -0.05) is 44.2 Å². The van der Waals surface area contributed by atoms with E-state index in [2.05, 4.69) is 29.2 Å². The van der Waals surface area contributed by atoms with E-state index in [1.807, 2.05) is 30.3 Å². The maximum absolute atomic E-state index is 12.0. The van der Waals surface area contributed by atoms with E-state index in [1.165, 1.54) is 10.7 Å². The highest BCUT2D eigenvalue weighted by Gasteiger charge is 2.07. The third-order valence-electron chi connectivity index (χ3n) is 4.13. The summed E-state index contributed by atoms with van der Waals surface area (Å²) in [6.45, 7) is 7.87. The van der Waals surface area contributed by atoms with E-state index in [0.717, 1.165) is 30.9 Å². The number of hydrogen-bond donors (Lipinski definition) is 1. The number of aryl methyl sites for hydroxylation is 1.